The number of alkyl halides is 1. The van der Waals surface area contributed by atoms with Gasteiger partial charge in [-0.25, -0.2) is 0 Å². The van der Waals surface area contributed by atoms with E-state index in [2.05, 4.69) is 31.9 Å². The van der Waals surface area contributed by atoms with Gasteiger partial charge in [0.1, 0.15) is 5.75 Å². The van der Waals surface area contributed by atoms with Gasteiger partial charge in [-0.05, 0) is 41.3 Å². The molecule has 0 saturated carbocycles. The Morgan fingerprint density at radius 3 is 2.71 bits per heavy atom. The number of nitro groups is 1. The molecule has 0 radical (unpaired) electrons. The van der Waals surface area contributed by atoms with E-state index in [0.717, 1.165) is 29.1 Å². The summed E-state index contributed by atoms with van der Waals surface area (Å²) in [7, 11) is 0. The second-order valence-corrected chi connectivity index (χ2v) is 5.12. The summed E-state index contributed by atoms with van der Waals surface area (Å²) in [5.74, 6) is 0.526. The van der Waals surface area contributed by atoms with Crippen molar-refractivity contribution in [3.05, 3.63) is 32.8 Å². The lowest BCUT2D eigenvalue weighted by Gasteiger charge is -2.07. The Morgan fingerprint density at radius 2 is 2.06 bits per heavy atom. The Balaban J connectivity index is 2.51. The van der Waals surface area contributed by atoms with Crippen molar-refractivity contribution in [2.75, 3.05) is 11.9 Å². The van der Waals surface area contributed by atoms with Gasteiger partial charge >= 0.3 is 0 Å². The lowest BCUT2D eigenvalue weighted by molar-refractivity contribution is -0.385. The van der Waals surface area contributed by atoms with E-state index in [0.29, 0.717) is 12.4 Å². The largest absolute Gasteiger partial charge is 0.492 e. The minimum absolute atomic E-state index is 0.0451. The Bertz CT molecular complexity index is 385. The fraction of sp³-hybridized carbons (Fsp3) is 0.455. The number of hydrogen-bond donors (Lipinski definition) is 0. The van der Waals surface area contributed by atoms with E-state index in [1.165, 1.54) is 12.1 Å². The van der Waals surface area contributed by atoms with Crippen LogP contribution in [0.25, 0.3) is 0 Å². The molecule has 0 aromatic heterocycles. The lowest BCUT2D eigenvalue weighted by Crippen LogP contribution is -1.99. The van der Waals surface area contributed by atoms with Gasteiger partial charge in [0.15, 0.2) is 0 Å². The highest BCUT2D eigenvalue weighted by Gasteiger charge is 2.10. The van der Waals surface area contributed by atoms with Gasteiger partial charge in [-0.2, -0.15) is 0 Å². The van der Waals surface area contributed by atoms with Crippen molar-refractivity contribution in [1.29, 1.82) is 0 Å². The molecular weight excluding hydrogens is 354 g/mol. The molecule has 94 valence electrons. The first-order valence-corrected chi connectivity index (χ1v) is 7.19. The number of unbranched alkanes of at least 4 members (excludes halogenated alkanes) is 2. The fourth-order valence-corrected chi connectivity index (χ4v) is 2.03. The summed E-state index contributed by atoms with van der Waals surface area (Å²) in [6, 6.07) is 4.52. The van der Waals surface area contributed by atoms with Gasteiger partial charge < -0.3 is 4.74 Å². The molecule has 17 heavy (non-hydrogen) atoms. The summed E-state index contributed by atoms with van der Waals surface area (Å²) >= 11 is 6.67. The SMILES string of the molecule is O=[N+]([O-])c1ccc(Br)c(OCCCCCBr)c1. The predicted octanol–water partition coefficient (Wildman–Crippen LogP) is 4.30. The van der Waals surface area contributed by atoms with Crippen LogP contribution in [0.1, 0.15) is 19.3 Å². The van der Waals surface area contributed by atoms with Gasteiger partial charge in [0.2, 0.25) is 0 Å². The number of ether oxygens (including phenoxy) is 1. The van der Waals surface area contributed by atoms with E-state index in [1.54, 1.807) is 6.07 Å². The molecule has 0 fully saturated rings. The Hall–Kier alpha value is -0.620. The van der Waals surface area contributed by atoms with E-state index >= 15 is 0 Å². The molecular formula is C11H13Br2NO3. The number of rotatable bonds is 7. The summed E-state index contributed by atoms with van der Waals surface area (Å²) in [6.07, 6.45) is 3.14. The maximum atomic E-state index is 10.6. The predicted molar refractivity (Wildman–Crippen MR) is 73.9 cm³/mol. The first-order chi connectivity index (χ1) is 8.15. The Morgan fingerprint density at radius 1 is 1.29 bits per heavy atom. The molecule has 4 nitrogen and oxygen atoms in total. The Kier molecular flexibility index (Phi) is 6.50. The van der Waals surface area contributed by atoms with E-state index in [1.807, 2.05) is 0 Å². The highest BCUT2D eigenvalue weighted by atomic mass is 79.9. The topological polar surface area (TPSA) is 52.4 Å². The number of non-ortho nitro benzene ring substituents is 1. The molecule has 0 atom stereocenters. The monoisotopic (exact) mass is 365 g/mol. The summed E-state index contributed by atoms with van der Waals surface area (Å²) in [4.78, 5) is 10.2. The van der Waals surface area contributed by atoms with Crippen LogP contribution >= 0.6 is 31.9 Å². The highest BCUT2D eigenvalue weighted by Crippen LogP contribution is 2.29. The van der Waals surface area contributed by atoms with Crippen molar-refractivity contribution in [3.63, 3.8) is 0 Å². The van der Waals surface area contributed by atoms with E-state index in [-0.39, 0.29) is 5.69 Å². The second-order valence-electron chi connectivity index (χ2n) is 3.47. The number of nitro benzene ring substituents is 1. The van der Waals surface area contributed by atoms with Gasteiger partial charge in [0.05, 0.1) is 22.1 Å². The van der Waals surface area contributed by atoms with Crippen molar-refractivity contribution in [1.82, 2.24) is 0 Å². The van der Waals surface area contributed by atoms with Crippen molar-refractivity contribution in [3.8, 4) is 5.75 Å². The number of halogens is 2. The molecule has 6 heteroatoms. The third-order valence-corrected chi connectivity index (χ3v) is 3.38. The van der Waals surface area contributed by atoms with Crippen LogP contribution in [0, 0.1) is 10.1 Å². The number of hydrogen-bond acceptors (Lipinski definition) is 3. The molecule has 0 saturated heterocycles. The van der Waals surface area contributed by atoms with Crippen LogP contribution in [0.4, 0.5) is 5.69 Å². The molecule has 0 bridgehead atoms. The first kappa shape index (κ1) is 14.4. The van der Waals surface area contributed by atoms with Crippen molar-refractivity contribution < 1.29 is 9.66 Å². The average molecular weight is 367 g/mol. The maximum absolute atomic E-state index is 10.6. The maximum Gasteiger partial charge on any atom is 0.273 e. The van der Waals surface area contributed by atoms with E-state index in [4.69, 9.17) is 4.74 Å². The number of nitrogens with zero attached hydrogens (tertiary/aromatic N) is 1. The van der Waals surface area contributed by atoms with Crippen molar-refractivity contribution >= 4 is 37.5 Å². The zero-order valence-electron chi connectivity index (χ0n) is 9.20. The van der Waals surface area contributed by atoms with Gasteiger partial charge in [-0.3, -0.25) is 10.1 Å². The molecule has 0 amide bonds. The van der Waals surface area contributed by atoms with Gasteiger partial charge in [0, 0.05) is 11.4 Å². The summed E-state index contributed by atoms with van der Waals surface area (Å²) in [5, 5.41) is 11.6. The van der Waals surface area contributed by atoms with Crippen LogP contribution in [-0.4, -0.2) is 16.9 Å². The van der Waals surface area contributed by atoms with Crippen LogP contribution in [0.5, 0.6) is 5.75 Å². The molecule has 0 aliphatic rings. The standard InChI is InChI=1S/C11H13Br2NO3/c12-6-2-1-3-7-17-11-8-9(14(15)16)4-5-10(11)13/h4-5,8H,1-3,6-7H2. The number of benzene rings is 1. The second kappa shape index (κ2) is 7.66. The van der Waals surface area contributed by atoms with Crippen molar-refractivity contribution in [2.24, 2.45) is 0 Å². The summed E-state index contributed by atoms with van der Waals surface area (Å²) < 4.78 is 6.25. The molecule has 0 spiro atoms. The molecule has 0 heterocycles. The van der Waals surface area contributed by atoms with Gasteiger partial charge in [0.25, 0.3) is 5.69 Å². The molecule has 0 aliphatic carbocycles. The summed E-state index contributed by atoms with van der Waals surface area (Å²) in [5.41, 5.74) is 0.0451. The van der Waals surface area contributed by atoms with Crippen LogP contribution in [0.15, 0.2) is 22.7 Å². The van der Waals surface area contributed by atoms with Crippen LogP contribution in [-0.2, 0) is 0 Å². The zero-order chi connectivity index (χ0) is 12.7. The minimum atomic E-state index is -0.426. The third kappa shape index (κ3) is 5.04. The van der Waals surface area contributed by atoms with Gasteiger partial charge in [-0.1, -0.05) is 15.9 Å². The molecule has 0 N–H and O–H groups in total. The van der Waals surface area contributed by atoms with Crippen LogP contribution < -0.4 is 4.74 Å². The van der Waals surface area contributed by atoms with E-state index < -0.39 is 4.92 Å². The minimum Gasteiger partial charge on any atom is -0.492 e. The van der Waals surface area contributed by atoms with Crippen LogP contribution in [0.2, 0.25) is 0 Å². The zero-order valence-corrected chi connectivity index (χ0v) is 12.4. The average Bonchev–Trinajstić information content (AvgIpc) is 2.30. The Labute approximate surface area is 117 Å². The molecule has 0 aliphatic heterocycles. The lowest BCUT2D eigenvalue weighted by atomic mass is 10.2. The van der Waals surface area contributed by atoms with Crippen LogP contribution in [0.3, 0.4) is 0 Å². The van der Waals surface area contributed by atoms with Gasteiger partial charge in [-0.15, -0.1) is 0 Å². The fourth-order valence-electron chi connectivity index (χ4n) is 1.27. The third-order valence-electron chi connectivity index (χ3n) is 2.16. The molecule has 1 aromatic carbocycles. The molecule has 1 rings (SSSR count). The summed E-state index contributed by atoms with van der Waals surface area (Å²) in [6.45, 7) is 0.576. The normalized spacial score (nSPS) is 10.2. The highest BCUT2D eigenvalue weighted by molar-refractivity contribution is 9.10. The smallest absolute Gasteiger partial charge is 0.273 e. The van der Waals surface area contributed by atoms with Crippen molar-refractivity contribution in [2.45, 2.75) is 19.3 Å². The first-order valence-electron chi connectivity index (χ1n) is 5.28. The molecule has 1 aromatic rings. The van der Waals surface area contributed by atoms with E-state index in [9.17, 15) is 10.1 Å². The molecule has 0 unspecified atom stereocenters. The quantitative estimate of drug-likeness (QED) is 0.313.